The van der Waals surface area contributed by atoms with Crippen LogP contribution in [0.1, 0.15) is 29.3 Å². The summed E-state index contributed by atoms with van der Waals surface area (Å²) < 4.78 is 35.2. The van der Waals surface area contributed by atoms with Gasteiger partial charge in [-0.15, -0.1) is 0 Å². The predicted octanol–water partition coefficient (Wildman–Crippen LogP) is 2.96. The molecule has 0 amide bonds. The summed E-state index contributed by atoms with van der Waals surface area (Å²) in [4.78, 5) is 11.1. The molecule has 8 heteroatoms. The van der Waals surface area contributed by atoms with Gasteiger partial charge in [-0.05, 0) is 49.2 Å². The Morgan fingerprint density at radius 1 is 1.19 bits per heavy atom. The van der Waals surface area contributed by atoms with Crippen molar-refractivity contribution in [2.45, 2.75) is 31.3 Å². The molecule has 0 fully saturated rings. The van der Waals surface area contributed by atoms with Gasteiger partial charge >= 0.3 is 5.97 Å². The zero-order valence-corrected chi connectivity index (χ0v) is 15.2. The Hall–Kier alpha value is -2.58. The molecule has 1 unspecified atom stereocenters. The van der Waals surface area contributed by atoms with Gasteiger partial charge in [0.15, 0.2) is 0 Å². The van der Waals surface area contributed by atoms with Crippen LogP contribution >= 0.6 is 0 Å². The Balaban J connectivity index is 2.08. The molecule has 26 heavy (non-hydrogen) atoms. The van der Waals surface area contributed by atoms with E-state index in [0.717, 1.165) is 5.56 Å². The predicted molar refractivity (Wildman–Crippen MR) is 94.1 cm³/mol. The first kappa shape index (κ1) is 19.7. The molecule has 140 valence electrons. The molecular weight excluding hydrogens is 360 g/mol. The molecule has 0 aliphatic carbocycles. The minimum atomic E-state index is -3.92. The quantitative estimate of drug-likeness (QED) is 0.677. The fourth-order valence-electron chi connectivity index (χ4n) is 2.19. The van der Waals surface area contributed by atoms with Crippen molar-refractivity contribution in [2.75, 3.05) is 6.61 Å². The van der Waals surface area contributed by atoms with Crippen LogP contribution in [0.2, 0.25) is 0 Å². The van der Waals surface area contributed by atoms with Gasteiger partial charge in [-0.3, -0.25) is 4.18 Å². The maximum Gasteiger partial charge on any atom is 0.339 e. The first-order valence-electron chi connectivity index (χ1n) is 7.92. The summed E-state index contributed by atoms with van der Waals surface area (Å²) in [6.07, 6.45) is -0.173. The number of carboxylic acid groups (broad SMARTS) is 1. The monoisotopic (exact) mass is 380 g/mol. The number of aromatic hydroxyl groups is 1. The van der Waals surface area contributed by atoms with E-state index in [1.807, 2.05) is 0 Å². The second-order valence-electron chi connectivity index (χ2n) is 5.69. The van der Waals surface area contributed by atoms with Crippen LogP contribution in [0.15, 0.2) is 47.4 Å². The Bertz CT molecular complexity index is 890. The maximum atomic E-state index is 12.3. The van der Waals surface area contributed by atoms with Gasteiger partial charge in [0, 0.05) is 0 Å². The molecule has 0 radical (unpaired) electrons. The largest absolute Gasteiger partial charge is 0.507 e. The highest BCUT2D eigenvalue weighted by molar-refractivity contribution is 7.86. The van der Waals surface area contributed by atoms with Crippen molar-refractivity contribution in [2.24, 2.45) is 0 Å². The third-order valence-electron chi connectivity index (χ3n) is 3.64. The Morgan fingerprint density at radius 2 is 1.92 bits per heavy atom. The van der Waals surface area contributed by atoms with Crippen LogP contribution in [0.3, 0.4) is 0 Å². The van der Waals surface area contributed by atoms with Crippen LogP contribution in [-0.2, 0) is 14.3 Å². The lowest BCUT2D eigenvalue weighted by atomic mass is 10.2. The van der Waals surface area contributed by atoms with E-state index >= 15 is 0 Å². The molecule has 1 atom stereocenters. The van der Waals surface area contributed by atoms with Gasteiger partial charge < -0.3 is 14.9 Å². The van der Waals surface area contributed by atoms with Gasteiger partial charge in [-0.25, -0.2) is 4.79 Å². The van der Waals surface area contributed by atoms with Gasteiger partial charge in [-0.2, -0.15) is 8.42 Å². The number of aromatic carboxylic acids is 1. The van der Waals surface area contributed by atoms with Gasteiger partial charge in [0.1, 0.15) is 29.8 Å². The summed E-state index contributed by atoms with van der Waals surface area (Å²) in [5.74, 6) is -1.47. The minimum Gasteiger partial charge on any atom is -0.507 e. The van der Waals surface area contributed by atoms with Crippen LogP contribution in [0, 0.1) is 6.92 Å². The highest BCUT2D eigenvalue weighted by Crippen LogP contribution is 2.24. The van der Waals surface area contributed by atoms with Crippen molar-refractivity contribution in [1.82, 2.24) is 0 Å². The second kappa shape index (κ2) is 8.20. The van der Waals surface area contributed by atoms with E-state index in [2.05, 4.69) is 0 Å². The van der Waals surface area contributed by atoms with E-state index in [4.69, 9.17) is 14.0 Å². The third-order valence-corrected chi connectivity index (χ3v) is 4.92. The topological polar surface area (TPSA) is 110 Å². The van der Waals surface area contributed by atoms with Gasteiger partial charge in [0.25, 0.3) is 10.1 Å². The van der Waals surface area contributed by atoms with E-state index in [9.17, 15) is 18.3 Å². The number of hydrogen-bond acceptors (Lipinski definition) is 6. The summed E-state index contributed by atoms with van der Waals surface area (Å²) in [7, 11) is -3.92. The summed E-state index contributed by atoms with van der Waals surface area (Å²) in [6, 6.07) is 10.1. The summed E-state index contributed by atoms with van der Waals surface area (Å²) >= 11 is 0. The molecule has 0 aromatic heterocycles. The molecule has 0 aliphatic heterocycles. The van der Waals surface area contributed by atoms with Gasteiger partial charge in [0.05, 0.1) is 4.90 Å². The lowest BCUT2D eigenvalue weighted by Gasteiger charge is -2.18. The van der Waals surface area contributed by atoms with Crippen molar-refractivity contribution < 1.29 is 32.3 Å². The van der Waals surface area contributed by atoms with Crippen molar-refractivity contribution in [3.8, 4) is 11.5 Å². The second-order valence-corrected chi connectivity index (χ2v) is 7.30. The van der Waals surface area contributed by atoms with Crippen molar-refractivity contribution in [3.63, 3.8) is 0 Å². The lowest BCUT2D eigenvalue weighted by molar-refractivity contribution is 0.0692. The molecule has 0 aliphatic rings. The maximum absolute atomic E-state index is 12.3. The molecule has 2 N–H and O–H groups in total. The van der Waals surface area contributed by atoms with E-state index in [0.29, 0.717) is 6.42 Å². The number of benzene rings is 2. The average Bonchev–Trinajstić information content (AvgIpc) is 2.59. The van der Waals surface area contributed by atoms with E-state index in [-0.39, 0.29) is 28.6 Å². The van der Waals surface area contributed by atoms with E-state index < -0.39 is 22.2 Å². The Morgan fingerprint density at radius 3 is 2.54 bits per heavy atom. The molecule has 0 saturated heterocycles. The molecule has 2 aromatic rings. The third kappa shape index (κ3) is 4.96. The average molecular weight is 380 g/mol. The highest BCUT2D eigenvalue weighted by Gasteiger charge is 2.20. The van der Waals surface area contributed by atoms with Crippen LogP contribution in [0.5, 0.6) is 11.5 Å². The molecule has 0 spiro atoms. The SMILES string of the molecule is CCC(COS(=O)(=O)c1cccc(C)c1)Oc1ccc(O)c(C(=O)O)c1. The molecule has 0 bridgehead atoms. The fraction of sp³-hybridized carbons (Fsp3) is 0.278. The normalized spacial score (nSPS) is 12.5. The van der Waals surface area contributed by atoms with E-state index in [1.165, 1.54) is 30.3 Å². The first-order valence-corrected chi connectivity index (χ1v) is 9.33. The molecule has 2 aromatic carbocycles. The molecular formula is C18H20O7S. The van der Waals surface area contributed by atoms with Crippen LogP contribution in [0.4, 0.5) is 0 Å². The minimum absolute atomic E-state index is 0.0603. The van der Waals surface area contributed by atoms with Crippen LogP contribution in [0.25, 0.3) is 0 Å². The Kier molecular flexibility index (Phi) is 6.23. The fourth-order valence-corrected chi connectivity index (χ4v) is 3.23. The van der Waals surface area contributed by atoms with Crippen molar-refractivity contribution in [3.05, 3.63) is 53.6 Å². The zero-order chi connectivity index (χ0) is 19.3. The van der Waals surface area contributed by atoms with Crippen LogP contribution < -0.4 is 4.74 Å². The summed E-state index contributed by atoms with van der Waals surface area (Å²) in [5, 5.41) is 18.5. The number of rotatable bonds is 8. The molecule has 0 saturated carbocycles. The summed E-state index contributed by atoms with van der Waals surface area (Å²) in [6.45, 7) is 3.34. The number of aryl methyl sites for hydroxylation is 1. The summed E-state index contributed by atoms with van der Waals surface area (Å²) in [5.41, 5.74) is 0.494. The number of phenols is 1. The van der Waals surface area contributed by atoms with Crippen molar-refractivity contribution in [1.29, 1.82) is 0 Å². The zero-order valence-electron chi connectivity index (χ0n) is 14.4. The smallest absolute Gasteiger partial charge is 0.339 e. The highest BCUT2D eigenvalue weighted by atomic mass is 32.2. The number of ether oxygens (including phenoxy) is 1. The number of hydrogen-bond donors (Lipinski definition) is 2. The number of carboxylic acids is 1. The van der Waals surface area contributed by atoms with Crippen LogP contribution in [-0.4, -0.2) is 37.3 Å². The Labute approximate surface area is 151 Å². The first-order chi connectivity index (χ1) is 12.2. The molecule has 7 nitrogen and oxygen atoms in total. The van der Waals surface area contributed by atoms with Gasteiger partial charge in [-0.1, -0.05) is 19.1 Å². The standard InChI is InChI=1S/C18H20O7S/c1-3-13(25-14-7-8-17(19)16(10-14)18(20)21)11-24-26(22,23)15-6-4-5-12(2)9-15/h4-10,13,19H,3,11H2,1-2H3,(H,20,21). The molecule has 0 heterocycles. The van der Waals surface area contributed by atoms with E-state index in [1.54, 1.807) is 26.0 Å². The lowest BCUT2D eigenvalue weighted by Crippen LogP contribution is -2.24. The number of carbonyl (C=O) groups is 1. The molecule has 2 rings (SSSR count). The van der Waals surface area contributed by atoms with Crippen molar-refractivity contribution >= 4 is 16.1 Å². The van der Waals surface area contributed by atoms with Gasteiger partial charge in [0.2, 0.25) is 0 Å².